The molecule has 0 aliphatic rings. The second-order valence-corrected chi connectivity index (χ2v) is 4.82. The van der Waals surface area contributed by atoms with Crippen LogP contribution < -0.4 is 10.1 Å². The molecule has 0 aliphatic heterocycles. The lowest BCUT2D eigenvalue weighted by Gasteiger charge is -2.22. The first-order chi connectivity index (χ1) is 8.08. The maximum Gasteiger partial charge on any atom is 0.123 e. The van der Waals surface area contributed by atoms with E-state index in [9.17, 15) is 0 Å². The first-order valence-electron chi connectivity index (χ1n) is 6.49. The van der Waals surface area contributed by atoms with E-state index in [4.69, 9.17) is 4.74 Å². The fraction of sp³-hybridized carbons (Fsp3) is 0.600. The Morgan fingerprint density at radius 1 is 1.29 bits per heavy atom. The Balaban J connectivity index is 2.79. The molecular weight excluding hydrogens is 210 g/mol. The predicted molar refractivity (Wildman–Crippen MR) is 73.7 cm³/mol. The lowest BCUT2D eigenvalue weighted by atomic mass is 10.0. The molecule has 0 heterocycles. The summed E-state index contributed by atoms with van der Waals surface area (Å²) in [6, 6.07) is 7.21. The largest absolute Gasteiger partial charge is 0.496 e. The Labute approximate surface area is 105 Å². The van der Waals surface area contributed by atoms with Gasteiger partial charge in [-0.25, -0.2) is 0 Å². The van der Waals surface area contributed by atoms with Gasteiger partial charge < -0.3 is 10.1 Å². The zero-order chi connectivity index (χ0) is 12.8. The number of hydrogen-bond acceptors (Lipinski definition) is 2. The van der Waals surface area contributed by atoms with Crippen LogP contribution in [0.3, 0.4) is 0 Å². The van der Waals surface area contributed by atoms with Crippen LogP contribution in [0.5, 0.6) is 5.75 Å². The van der Waals surface area contributed by atoms with E-state index >= 15 is 0 Å². The Hall–Kier alpha value is -1.02. The molecule has 0 bridgehead atoms. The number of ether oxygens (including phenoxy) is 1. The van der Waals surface area contributed by atoms with Gasteiger partial charge in [-0.2, -0.15) is 0 Å². The van der Waals surface area contributed by atoms with E-state index < -0.39 is 0 Å². The van der Waals surface area contributed by atoms with Gasteiger partial charge in [0, 0.05) is 17.6 Å². The van der Waals surface area contributed by atoms with Crippen molar-refractivity contribution in [3.63, 3.8) is 0 Å². The summed E-state index contributed by atoms with van der Waals surface area (Å²) in [6.07, 6.45) is 2.42. The molecule has 2 atom stereocenters. The molecule has 1 aromatic rings. The fourth-order valence-corrected chi connectivity index (χ4v) is 2.23. The van der Waals surface area contributed by atoms with Crippen molar-refractivity contribution in [2.75, 3.05) is 7.11 Å². The molecule has 1 rings (SSSR count). The molecule has 0 radical (unpaired) electrons. The van der Waals surface area contributed by atoms with Gasteiger partial charge in [-0.05, 0) is 33.3 Å². The number of rotatable bonds is 6. The maximum absolute atomic E-state index is 5.42. The van der Waals surface area contributed by atoms with Gasteiger partial charge in [0.2, 0.25) is 0 Å². The van der Waals surface area contributed by atoms with Gasteiger partial charge >= 0.3 is 0 Å². The van der Waals surface area contributed by atoms with Crippen LogP contribution >= 0.6 is 0 Å². The number of aryl methyl sites for hydroxylation is 1. The van der Waals surface area contributed by atoms with E-state index in [2.05, 4.69) is 45.1 Å². The minimum atomic E-state index is 0.325. The molecule has 2 nitrogen and oxygen atoms in total. The standard InChI is InChI=1S/C15H25NO/c1-6-7-12(3)16-13(4)14-10-11(2)8-9-15(14)17-5/h8-10,12-13,16H,6-7H2,1-5H3. The van der Waals surface area contributed by atoms with Crippen molar-refractivity contribution in [3.05, 3.63) is 29.3 Å². The summed E-state index contributed by atoms with van der Waals surface area (Å²) in [6.45, 7) is 8.77. The topological polar surface area (TPSA) is 21.3 Å². The van der Waals surface area contributed by atoms with Crippen molar-refractivity contribution in [1.82, 2.24) is 5.32 Å². The highest BCUT2D eigenvalue weighted by molar-refractivity contribution is 5.38. The number of nitrogens with one attached hydrogen (secondary N) is 1. The van der Waals surface area contributed by atoms with Gasteiger partial charge in [0.25, 0.3) is 0 Å². The Bertz CT molecular complexity index is 349. The average Bonchev–Trinajstić information content (AvgIpc) is 2.29. The van der Waals surface area contributed by atoms with E-state index in [-0.39, 0.29) is 0 Å². The second kappa shape index (κ2) is 6.65. The van der Waals surface area contributed by atoms with E-state index in [0.29, 0.717) is 12.1 Å². The summed E-state index contributed by atoms with van der Waals surface area (Å²) in [5, 5.41) is 3.62. The molecule has 96 valence electrons. The third-order valence-corrected chi connectivity index (χ3v) is 3.11. The molecule has 0 spiro atoms. The SMILES string of the molecule is CCCC(C)NC(C)c1cc(C)ccc1OC. The van der Waals surface area contributed by atoms with Crippen LogP contribution in [-0.4, -0.2) is 13.2 Å². The van der Waals surface area contributed by atoms with Crippen LogP contribution in [0.1, 0.15) is 50.8 Å². The first kappa shape index (κ1) is 14.0. The van der Waals surface area contributed by atoms with Crippen molar-refractivity contribution in [2.45, 2.75) is 52.6 Å². The van der Waals surface area contributed by atoms with Gasteiger partial charge in [0.1, 0.15) is 5.75 Å². The van der Waals surface area contributed by atoms with E-state index in [0.717, 1.165) is 5.75 Å². The van der Waals surface area contributed by atoms with Gasteiger partial charge in [-0.3, -0.25) is 0 Å². The highest BCUT2D eigenvalue weighted by atomic mass is 16.5. The molecule has 0 saturated heterocycles. The molecule has 17 heavy (non-hydrogen) atoms. The second-order valence-electron chi connectivity index (χ2n) is 4.82. The van der Waals surface area contributed by atoms with Crippen LogP contribution in [0.4, 0.5) is 0 Å². The molecule has 1 N–H and O–H groups in total. The van der Waals surface area contributed by atoms with E-state index in [1.807, 2.05) is 6.07 Å². The minimum Gasteiger partial charge on any atom is -0.496 e. The average molecular weight is 235 g/mol. The summed E-state index contributed by atoms with van der Waals surface area (Å²) in [4.78, 5) is 0. The summed E-state index contributed by atoms with van der Waals surface area (Å²) >= 11 is 0. The monoisotopic (exact) mass is 235 g/mol. The van der Waals surface area contributed by atoms with E-state index in [1.54, 1.807) is 7.11 Å². The maximum atomic E-state index is 5.42. The Morgan fingerprint density at radius 2 is 2.00 bits per heavy atom. The van der Waals surface area contributed by atoms with Crippen molar-refractivity contribution in [1.29, 1.82) is 0 Å². The Kier molecular flexibility index (Phi) is 5.49. The third kappa shape index (κ3) is 4.04. The molecule has 0 aliphatic carbocycles. The molecule has 2 unspecified atom stereocenters. The van der Waals surface area contributed by atoms with Crippen LogP contribution in [0, 0.1) is 6.92 Å². The van der Waals surface area contributed by atoms with Crippen LogP contribution in [0.15, 0.2) is 18.2 Å². The van der Waals surface area contributed by atoms with Gasteiger partial charge in [-0.1, -0.05) is 31.0 Å². The van der Waals surface area contributed by atoms with Gasteiger partial charge in [0.05, 0.1) is 7.11 Å². The van der Waals surface area contributed by atoms with Crippen LogP contribution in [0.25, 0.3) is 0 Å². The zero-order valence-corrected chi connectivity index (χ0v) is 11.7. The van der Waals surface area contributed by atoms with Crippen molar-refractivity contribution in [3.8, 4) is 5.75 Å². The molecule has 0 aromatic heterocycles. The lowest BCUT2D eigenvalue weighted by Crippen LogP contribution is -2.29. The number of benzene rings is 1. The molecule has 2 heteroatoms. The minimum absolute atomic E-state index is 0.325. The number of methoxy groups -OCH3 is 1. The van der Waals surface area contributed by atoms with E-state index in [1.165, 1.54) is 24.0 Å². The Morgan fingerprint density at radius 3 is 2.59 bits per heavy atom. The first-order valence-corrected chi connectivity index (χ1v) is 6.49. The molecule has 0 fully saturated rings. The van der Waals surface area contributed by atoms with Crippen LogP contribution in [0.2, 0.25) is 0 Å². The van der Waals surface area contributed by atoms with Crippen molar-refractivity contribution in [2.24, 2.45) is 0 Å². The predicted octanol–water partition coefficient (Wildman–Crippen LogP) is 3.84. The summed E-state index contributed by atoms with van der Waals surface area (Å²) in [5.74, 6) is 0.972. The molecule has 0 amide bonds. The van der Waals surface area contributed by atoms with Gasteiger partial charge in [-0.15, -0.1) is 0 Å². The summed E-state index contributed by atoms with van der Waals surface area (Å²) < 4.78 is 5.42. The third-order valence-electron chi connectivity index (χ3n) is 3.11. The zero-order valence-electron chi connectivity index (χ0n) is 11.7. The lowest BCUT2D eigenvalue weighted by molar-refractivity contribution is 0.392. The highest BCUT2D eigenvalue weighted by Gasteiger charge is 2.13. The smallest absolute Gasteiger partial charge is 0.123 e. The molecular formula is C15H25NO. The molecule has 1 aromatic carbocycles. The molecule has 0 saturated carbocycles. The van der Waals surface area contributed by atoms with Crippen molar-refractivity contribution >= 4 is 0 Å². The normalized spacial score (nSPS) is 14.4. The highest BCUT2D eigenvalue weighted by Crippen LogP contribution is 2.26. The summed E-state index contributed by atoms with van der Waals surface area (Å²) in [7, 11) is 1.73. The number of hydrogen-bond donors (Lipinski definition) is 1. The van der Waals surface area contributed by atoms with Crippen LogP contribution in [-0.2, 0) is 0 Å². The van der Waals surface area contributed by atoms with Gasteiger partial charge in [0.15, 0.2) is 0 Å². The quantitative estimate of drug-likeness (QED) is 0.809. The summed E-state index contributed by atoms with van der Waals surface area (Å²) in [5.41, 5.74) is 2.52. The van der Waals surface area contributed by atoms with Crippen molar-refractivity contribution < 1.29 is 4.74 Å². The fourth-order valence-electron chi connectivity index (χ4n) is 2.23.